The van der Waals surface area contributed by atoms with Crippen molar-refractivity contribution in [3.05, 3.63) is 114 Å². The van der Waals surface area contributed by atoms with Crippen LogP contribution in [0.3, 0.4) is 0 Å². The van der Waals surface area contributed by atoms with Crippen molar-refractivity contribution in [2.45, 2.75) is 25.8 Å². The lowest BCUT2D eigenvalue weighted by Gasteiger charge is -2.24. The van der Waals surface area contributed by atoms with Crippen molar-refractivity contribution in [1.82, 2.24) is 14.9 Å². The topological polar surface area (TPSA) is 64.6 Å². The number of rotatable bonds is 4. The molecule has 0 fully saturated rings. The summed E-state index contributed by atoms with van der Waals surface area (Å²) in [6.07, 6.45) is 7.09. The molecule has 37 heavy (non-hydrogen) atoms. The largest absolute Gasteiger partial charge is 0.491 e. The standard InChI is InChI=1S/C31H31N3O3/c35-31(12-9-24-5-2-1-3-6-24)34-13-14-36-15-16-37-30-11-10-27(29-20-32-23-33-21-29)19-28(30)18-25-7-4-8-26(17-25)22-34/h1-8,10-11,17,19-21,23H,9,12-16,18,22H2. The molecule has 1 aliphatic heterocycles. The molecule has 5 rings (SSSR count). The number of fused-ring (bicyclic) bond motifs is 3. The van der Waals surface area contributed by atoms with E-state index in [4.69, 9.17) is 9.47 Å². The van der Waals surface area contributed by atoms with Crippen LogP contribution in [0.5, 0.6) is 5.75 Å². The van der Waals surface area contributed by atoms with Gasteiger partial charge in [-0.15, -0.1) is 0 Å². The van der Waals surface area contributed by atoms with Crippen LogP contribution in [0.15, 0.2) is 91.5 Å². The molecule has 1 aromatic heterocycles. The Labute approximate surface area is 217 Å². The van der Waals surface area contributed by atoms with Crippen molar-refractivity contribution in [3.63, 3.8) is 0 Å². The van der Waals surface area contributed by atoms with Gasteiger partial charge in [0.15, 0.2) is 0 Å². The van der Waals surface area contributed by atoms with E-state index in [1.54, 1.807) is 0 Å². The van der Waals surface area contributed by atoms with E-state index in [-0.39, 0.29) is 5.91 Å². The second kappa shape index (κ2) is 12.3. The smallest absolute Gasteiger partial charge is 0.223 e. The molecular weight excluding hydrogens is 462 g/mol. The Hall–Kier alpha value is -4.03. The third-order valence-corrected chi connectivity index (χ3v) is 6.53. The summed E-state index contributed by atoms with van der Waals surface area (Å²) < 4.78 is 12.0. The summed E-state index contributed by atoms with van der Waals surface area (Å²) in [5.74, 6) is 0.991. The number of aryl methyl sites for hydroxylation is 1. The van der Waals surface area contributed by atoms with Crippen molar-refractivity contribution < 1.29 is 14.3 Å². The number of carbonyl (C=O) groups is 1. The number of amides is 1. The lowest BCUT2D eigenvalue weighted by atomic mass is 9.98. The Kier molecular flexibility index (Phi) is 8.18. The molecule has 0 N–H and O–H groups in total. The quantitative estimate of drug-likeness (QED) is 0.396. The number of hydrogen-bond donors (Lipinski definition) is 0. The highest BCUT2D eigenvalue weighted by atomic mass is 16.5. The molecule has 0 saturated heterocycles. The zero-order chi connectivity index (χ0) is 25.3. The van der Waals surface area contributed by atoms with Gasteiger partial charge in [-0.1, -0.05) is 60.7 Å². The zero-order valence-corrected chi connectivity index (χ0v) is 20.9. The molecular formula is C31H31N3O3. The number of ether oxygens (including phenoxy) is 2. The Balaban J connectivity index is 1.37. The molecule has 188 valence electrons. The summed E-state index contributed by atoms with van der Waals surface area (Å²) in [7, 11) is 0. The van der Waals surface area contributed by atoms with Gasteiger partial charge in [-0.2, -0.15) is 0 Å². The number of carbonyl (C=O) groups excluding carboxylic acids is 1. The van der Waals surface area contributed by atoms with Crippen LogP contribution in [0, 0.1) is 0 Å². The van der Waals surface area contributed by atoms with Crippen LogP contribution >= 0.6 is 0 Å². The molecule has 1 aliphatic rings. The third kappa shape index (κ3) is 6.80. The molecule has 0 radical (unpaired) electrons. The van der Waals surface area contributed by atoms with Crippen LogP contribution in [0.4, 0.5) is 0 Å². The van der Waals surface area contributed by atoms with Crippen molar-refractivity contribution in [1.29, 1.82) is 0 Å². The molecule has 3 aromatic carbocycles. The van der Waals surface area contributed by atoms with Gasteiger partial charge in [0, 0.05) is 43.9 Å². The lowest BCUT2D eigenvalue weighted by molar-refractivity contribution is -0.132. The first-order valence-electron chi connectivity index (χ1n) is 12.7. The first kappa shape index (κ1) is 24.7. The third-order valence-electron chi connectivity index (χ3n) is 6.53. The number of benzene rings is 3. The van der Waals surface area contributed by atoms with E-state index in [1.807, 2.05) is 47.6 Å². The average Bonchev–Trinajstić information content (AvgIpc) is 2.94. The maximum absolute atomic E-state index is 13.2. The Morgan fingerprint density at radius 2 is 1.68 bits per heavy atom. The van der Waals surface area contributed by atoms with Gasteiger partial charge in [0.25, 0.3) is 0 Å². The molecule has 0 unspecified atom stereocenters. The minimum absolute atomic E-state index is 0.140. The summed E-state index contributed by atoms with van der Waals surface area (Å²) in [5, 5.41) is 0. The summed E-state index contributed by atoms with van der Waals surface area (Å²) in [6.45, 7) is 2.50. The van der Waals surface area contributed by atoms with E-state index in [0.29, 0.717) is 45.8 Å². The first-order valence-corrected chi connectivity index (χ1v) is 12.7. The Bertz CT molecular complexity index is 1310. The van der Waals surface area contributed by atoms with Gasteiger partial charge >= 0.3 is 0 Å². The van der Waals surface area contributed by atoms with Gasteiger partial charge in [-0.25, -0.2) is 9.97 Å². The highest BCUT2D eigenvalue weighted by molar-refractivity contribution is 5.76. The number of nitrogens with zero attached hydrogens (tertiary/aromatic N) is 3. The van der Waals surface area contributed by atoms with Crippen molar-refractivity contribution >= 4 is 5.91 Å². The predicted octanol–water partition coefficient (Wildman–Crippen LogP) is 5.10. The molecule has 2 heterocycles. The van der Waals surface area contributed by atoms with E-state index in [1.165, 1.54) is 17.5 Å². The molecule has 4 aromatic rings. The summed E-state index contributed by atoms with van der Waals surface area (Å²) in [4.78, 5) is 23.4. The zero-order valence-electron chi connectivity index (χ0n) is 20.9. The van der Waals surface area contributed by atoms with E-state index >= 15 is 0 Å². The van der Waals surface area contributed by atoms with Gasteiger partial charge < -0.3 is 14.4 Å². The SMILES string of the molecule is O=C(CCc1ccccc1)N1CCOCCOc2ccc(-c3cncnc3)cc2Cc2cccc(c2)C1. The second-order valence-electron chi connectivity index (χ2n) is 9.21. The number of hydrogen-bond acceptors (Lipinski definition) is 5. The summed E-state index contributed by atoms with van der Waals surface area (Å²) in [6, 6.07) is 24.8. The van der Waals surface area contributed by atoms with Crippen LogP contribution in [0.1, 0.15) is 28.7 Å². The molecule has 0 saturated carbocycles. The monoisotopic (exact) mass is 493 g/mol. The summed E-state index contributed by atoms with van der Waals surface area (Å²) >= 11 is 0. The molecule has 1 amide bonds. The van der Waals surface area contributed by atoms with Gasteiger partial charge in [-0.05, 0) is 46.4 Å². The predicted molar refractivity (Wildman–Crippen MR) is 143 cm³/mol. The average molecular weight is 494 g/mol. The molecule has 2 bridgehead atoms. The molecule has 6 nitrogen and oxygen atoms in total. The minimum Gasteiger partial charge on any atom is -0.491 e. The minimum atomic E-state index is 0.140. The van der Waals surface area contributed by atoms with Crippen LogP contribution < -0.4 is 4.74 Å². The fourth-order valence-corrected chi connectivity index (χ4v) is 4.60. The highest BCUT2D eigenvalue weighted by Gasteiger charge is 2.16. The van der Waals surface area contributed by atoms with Gasteiger partial charge in [0.2, 0.25) is 5.91 Å². The van der Waals surface area contributed by atoms with Gasteiger partial charge in [0.1, 0.15) is 18.7 Å². The van der Waals surface area contributed by atoms with E-state index in [0.717, 1.165) is 34.4 Å². The van der Waals surface area contributed by atoms with Crippen molar-refractivity contribution in [2.75, 3.05) is 26.4 Å². The molecule has 0 atom stereocenters. The Morgan fingerprint density at radius 1 is 0.838 bits per heavy atom. The lowest BCUT2D eigenvalue weighted by Crippen LogP contribution is -2.34. The second-order valence-corrected chi connectivity index (χ2v) is 9.21. The van der Waals surface area contributed by atoms with Crippen LogP contribution in [-0.2, 0) is 28.9 Å². The van der Waals surface area contributed by atoms with E-state index in [2.05, 4.69) is 52.4 Å². The maximum atomic E-state index is 13.2. The normalized spacial score (nSPS) is 14.2. The first-order chi connectivity index (χ1) is 18.2. The van der Waals surface area contributed by atoms with Crippen LogP contribution in [-0.4, -0.2) is 47.1 Å². The van der Waals surface area contributed by atoms with Crippen LogP contribution in [0.25, 0.3) is 11.1 Å². The van der Waals surface area contributed by atoms with Crippen molar-refractivity contribution in [3.8, 4) is 16.9 Å². The Morgan fingerprint density at radius 3 is 2.54 bits per heavy atom. The highest BCUT2D eigenvalue weighted by Crippen LogP contribution is 2.28. The summed E-state index contributed by atoms with van der Waals surface area (Å²) in [5.41, 5.74) is 6.56. The van der Waals surface area contributed by atoms with Crippen molar-refractivity contribution in [2.24, 2.45) is 0 Å². The van der Waals surface area contributed by atoms with E-state index in [9.17, 15) is 4.79 Å². The fraction of sp³-hybridized carbons (Fsp3) is 0.258. The van der Waals surface area contributed by atoms with Crippen LogP contribution in [0.2, 0.25) is 0 Å². The fourth-order valence-electron chi connectivity index (χ4n) is 4.60. The van der Waals surface area contributed by atoms with Gasteiger partial charge in [0.05, 0.1) is 13.2 Å². The molecule has 0 aliphatic carbocycles. The van der Waals surface area contributed by atoms with Gasteiger partial charge in [-0.3, -0.25) is 4.79 Å². The number of aromatic nitrogens is 2. The maximum Gasteiger partial charge on any atom is 0.223 e. The van der Waals surface area contributed by atoms with E-state index < -0.39 is 0 Å². The molecule has 0 spiro atoms. The molecule has 6 heteroatoms.